The molecule has 7 heteroatoms. The SMILES string of the molecule is O=S(=O)(c1ccc(Br)cc1)N1CCN(c2cc[nH+]cc2)CC1. The van der Waals surface area contributed by atoms with Crippen LogP contribution in [0.5, 0.6) is 0 Å². The van der Waals surface area contributed by atoms with Gasteiger partial charge in [0, 0.05) is 48.5 Å². The summed E-state index contributed by atoms with van der Waals surface area (Å²) >= 11 is 3.32. The van der Waals surface area contributed by atoms with Crippen molar-refractivity contribution in [3.63, 3.8) is 0 Å². The van der Waals surface area contributed by atoms with Crippen LogP contribution in [0.3, 0.4) is 0 Å². The molecule has 116 valence electrons. The molecule has 0 amide bonds. The van der Waals surface area contributed by atoms with Gasteiger partial charge in [-0.3, -0.25) is 0 Å². The highest BCUT2D eigenvalue weighted by Crippen LogP contribution is 2.21. The van der Waals surface area contributed by atoms with E-state index in [0.29, 0.717) is 31.1 Å². The number of piperazine rings is 1. The van der Waals surface area contributed by atoms with E-state index in [4.69, 9.17) is 0 Å². The molecule has 0 unspecified atom stereocenters. The van der Waals surface area contributed by atoms with Crippen molar-refractivity contribution < 1.29 is 13.4 Å². The fourth-order valence-corrected chi connectivity index (χ4v) is 4.22. The molecule has 0 aliphatic carbocycles. The topological polar surface area (TPSA) is 54.8 Å². The molecule has 0 atom stereocenters. The van der Waals surface area contributed by atoms with Crippen molar-refractivity contribution >= 4 is 31.6 Å². The molecule has 2 heterocycles. The van der Waals surface area contributed by atoms with Crippen molar-refractivity contribution in [1.29, 1.82) is 0 Å². The molecule has 0 spiro atoms. The number of rotatable bonds is 3. The summed E-state index contributed by atoms with van der Waals surface area (Å²) in [6.07, 6.45) is 3.75. The van der Waals surface area contributed by atoms with Crippen molar-refractivity contribution in [3.05, 3.63) is 53.3 Å². The number of anilines is 1. The fraction of sp³-hybridized carbons (Fsp3) is 0.267. The maximum absolute atomic E-state index is 12.6. The number of H-pyrrole nitrogens is 1. The molecule has 1 N–H and O–H groups in total. The Hall–Kier alpha value is -1.44. The van der Waals surface area contributed by atoms with E-state index in [1.807, 2.05) is 24.5 Å². The van der Waals surface area contributed by atoms with E-state index in [1.165, 1.54) is 0 Å². The Morgan fingerprint density at radius 2 is 1.50 bits per heavy atom. The number of benzene rings is 1. The van der Waals surface area contributed by atoms with Crippen molar-refractivity contribution in [2.75, 3.05) is 31.1 Å². The Morgan fingerprint density at radius 1 is 0.909 bits per heavy atom. The van der Waals surface area contributed by atoms with E-state index in [9.17, 15) is 8.42 Å². The van der Waals surface area contributed by atoms with E-state index in [1.54, 1.807) is 28.6 Å². The lowest BCUT2D eigenvalue weighted by Crippen LogP contribution is -2.48. The number of pyridine rings is 1. The summed E-state index contributed by atoms with van der Waals surface area (Å²) in [5, 5.41) is 0. The van der Waals surface area contributed by atoms with Crippen LogP contribution in [-0.2, 0) is 10.0 Å². The number of aromatic nitrogens is 1. The first-order chi connectivity index (χ1) is 10.6. The summed E-state index contributed by atoms with van der Waals surface area (Å²) in [6.45, 7) is 2.38. The Labute approximate surface area is 138 Å². The second kappa shape index (κ2) is 6.36. The first-order valence-electron chi connectivity index (χ1n) is 7.04. The largest absolute Gasteiger partial charge is 0.369 e. The fourth-order valence-electron chi connectivity index (χ4n) is 2.53. The molecule has 1 aliphatic heterocycles. The number of hydrogen-bond acceptors (Lipinski definition) is 3. The lowest BCUT2D eigenvalue weighted by atomic mass is 10.3. The van der Waals surface area contributed by atoms with Crippen LogP contribution < -0.4 is 9.88 Å². The average molecular weight is 383 g/mol. The molecule has 1 aromatic heterocycles. The van der Waals surface area contributed by atoms with Crippen LogP contribution >= 0.6 is 15.9 Å². The van der Waals surface area contributed by atoms with Gasteiger partial charge in [0.1, 0.15) is 0 Å². The molecule has 0 saturated carbocycles. The average Bonchev–Trinajstić information content (AvgIpc) is 2.56. The van der Waals surface area contributed by atoms with E-state index in [2.05, 4.69) is 25.8 Å². The van der Waals surface area contributed by atoms with Crippen LogP contribution in [0.2, 0.25) is 0 Å². The number of nitrogens with one attached hydrogen (secondary N) is 1. The number of aromatic amines is 1. The second-order valence-corrected chi connectivity index (χ2v) is 7.96. The van der Waals surface area contributed by atoms with Crippen LogP contribution in [0.15, 0.2) is 58.2 Å². The van der Waals surface area contributed by atoms with Gasteiger partial charge in [0.2, 0.25) is 10.0 Å². The van der Waals surface area contributed by atoms with E-state index >= 15 is 0 Å². The second-order valence-electron chi connectivity index (χ2n) is 5.10. The number of hydrogen-bond donors (Lipinski definition) is 0. The molecule has 0 radical (unpaired) electrons. The highest BCUT2D eigenvalue weighted by molar-refractivity contribution is 9.10. The summed E-state index contributed by atoms with van der Waals surface area (Å²) in [5.41, 5.74) is 1.11. The van der Waals surface area contributed by atoms with E-state index < -0.39 is 10.0 Å². The number of halogens is 1. The van der Waals surface area contributed by atoms with Gasteiger partial charge in [0.25, 0.3) is 0 Å². The number of sulfonamides is 1. The Balaban J connectivity index is 1.72. The molecule has 1 fully saturated rings. The third-order valence-corrected chi connectivity index (χ3v) is 6.20. The van der Waals surface area contributed by atoms with Gasteiger partial charge in [-0.05, 0) is 24.3 Å². The highest BCUT2D eigenvalue weighted by Gasteiger charge is 2.28. The molecule has 3 rings (SSSR count). The maximum atomic E-state index is 12.6. The summed E-state index contributed by atoms with van der Waals surface area (Å²) in [6, 6.07) is 10.8. The van der Waals surface area contributed by atoms with Crippen LogP contribution in [0.25, 0.3) is 0 Å². The smallest absolute Gasteiger partial charge is 0.243 e. The van der Waals surface area contributed by atoms with Gasteiger partial charge < -0.3 is 4.90 Å². The van der Waals surface area contributed by atoms with Gasteiger partial charge in [-0.25, -0.2) is 13.4 Å². The van der Waals surface area contributed by atoms with Gasteiger partial charge in [-0.1, -0.05) is 15.9 Å². The highest BCUT2D eigenvalue weighted by atomic mass is 79.9. The van der Waals surface area contributed by atoms with Crippen LogP contribution in [0.1, 0.15) is 0 Å². The van der Waals surface area contributed by atoms with Gasteiger partial charge in [-0.2, -0.15) is 4.31 Å². The molecule has 2 aromatic rings. The zero-order valence-electron chi connectivity index (χ0n) is 11.9. The van der Waals surface area contributed by atoms with Crippen LogP contribution in [0, 0.1) is 0 Å². The minimum absolute atomic E-state index is 0.346. The molecule has 1 saturated heterocycles. The molecule has 22 heavy (non-hydrogen) atoms. The Kier molecular flexibility index (Phi) is 4.46. The molecule has 5 nitrogen and oxygen atoms in total. The lowest BCUT2D eigenvalue weighted by molar-refractivity contribution is -0.377. The monoisotopic (exact) mass is 382 g/mol. The Morgan fingerprint density at radius 3 is 2.09 bits per heavy atom. The minimum Gasteiger partial charge on any atom is -0.369 e. The summed E-state index contributed by atoms with van der Waals surface area (Å²) in [5.74, 6) is 0. The van der Waals surface area contributed by atoms with E-state index in [0.717, 1.165) is 10.2 Å². The number of nitrogens with zero attached hydrogens (tertiary/aromatic N) is 2. The van der Waals surface area contributed by atoms with E-state index in [-0.39, 0.29) is 0 Å². The summed E-state index contributed by atoms with van der Waals surface area (Å²) in [4.78, 5) is 5.54. The molecular formula is C15H17BrN3O2S+. The van der Waals surface area contributed by atoms with Crippen molar-refractivity contribution in [2.24, 2.45) is 0 Å². The molecule has 1 aromatic carbocycles. The standard InChI is InChI=1S/C15H16BrN3O2S/c16-13-1-3-15(4-2-13)22(20,21)19-11-9-18(10-12-19)14-5-7-17-8-6-14/h1-8H,9-12H2/p+1. The molecule has 0 bridgehead atoms. The predicted octanol–water partition coefficient (Wildman–Crippen LogP) is 1.77. The van der Waals surface area contributed by atoms with Crippen molar-refractivity contribution in [3.8, 4) is 0 Å². The quantitative estimate of drug-likeness (QED) is 0.812. The summed E-state index contributed by atoms with van der Waals surface area (Å²) < 4.78 is 27.7. The van der Waals surface area contributed by atoms with Crippen molar-refractivity contribution in [2.45, 2.75) is 4.90 Å². The third-order valence-electron chi connectivity index (χ3n) is 3.76. The van der Waals surface area contributed by atoms with Crippen molar-refractivity contribution in [1.82, 2.24) is 4.31 Å². The minimum atomic E-state index is -3.40. The van der Waals surface area contributed by atoms with Crippen LogP contribution in [-0.4, -0.2) is 38.9 Å². The zero-order chi connectivity index (χ0) is 15.6. The molecular weight excluding hydrogens is 366 g/mol. The zero-order valence-corrected chi connectivity index (χ0v) is 14.3. The first-order valence-corrected chi connectivity index (χ1v) is 9.27. The van der Waals surface area contributed by atoms with Gasteiger partial charge in [0.15, 0.2) is 12.4 Å². The third kappa shape index (κ3) is 3.16. The summed E-state index contributed by atoms with van der Waals surface area (Å²) in [7, 11) is -3.40. The predicted molar refractivity (Wildman–Crippen MR) is 88.1 cm³/mol. The lowest BCUT2D eigenvalue weighted by Gasteiger charge is -2.35. The Bertz CT molecular complexity index is 727. The first kappa shape index (κ1) is 15.5. The van der Waals surface area contributed by atoms with Gasteiger partial charge >= 0.3 is 0 Å². The normalized spacial score (nSPS) is 16.7. The maximum Gasteiger partial charge on any atom is 0.243 e. The van der Waals surface area contributed by atoms with Crippen LogP contribution in [0.4, 0.5) is 5.69 Å². The van der Waals surface area contributed by atoms with Gasteiger partial charge in [0.05, 0.1) is 4.90 Å². The van der Waals surface area contributed by atoms with Gasteiger partial charge in [-0.15, -0.1) is 0 Å². The molecule has 1 aliphatic rings.